The van der Waals surface area contributed by atoms with E-state index in [2.05, 4.69) is 28.7 Å². The quantitative estimate of drug-likeness (QED) is 0.608. The molecule has 8 nitrogen and oxygen atoms in total. The molecule has 0 aliphatic heterocycles. The summed E-state index contributed by atoms with van der Waals surface area (Å²) in [6.45, 7) is 13.7. The summed E-state index contributed by atoms with van der Waals surface area (Å²) in [5.74, 6) is 1.49. The van der Waals surface area contributed by atoms with Crippen LogP contribution < -0.4 is 11.1 Å². The smallest absolute Gasteiger partial charge is 0.317 e. The summed E-state index contributed by atoms with van der Waals surface area (Å²) in [6, 6.07) is -0.0477. The van der Waals surface area contributed by atoms with Crippen LogP contribution in [0.1, 0.15) is 44.3 Å². The maximum atomic E-state index is 11.9. The number of nitrogens with one attached hydrogen (secondary N) is 1. The molecule has 0 spiro atoms. The number of aromatic nitrogens is 3. The third-order valence-electron chi connectivity index (χ3n) is 4.98. The van der Waals surface area contributed by atoms with Crippen molar-refractivity contribution in [1.82, 2.24) is 24.8 Å². The van der Waals surface area contributed by atoms with E-state index >= 15 is 0 Å². The molecular formula is C20H34N6O2. The number of aryl methyl sites for hydroxylation is 3. The largest absolute Gasteiger partial charge is 0.382 e. The van der Waals surface area contributed by atoms with Crippen molar-refractivity contribution in [3.63, 3.8) is 0 Å². The van der Waals surface area contributed by atoms with Gasteiger partial charge in [-0.05, 0) is 39.7 Å². The number of anilines is 1. The number of nitrogen functional groups attached to an aromatic ring is 1. The molecule has 0 unspecified atom stereocenters. The van der Waals surface area contributed by atoms with E-state index in [0.29, 0.717) is 45.2 Å². The highest BCUT2D eigenvalue weighted by Gasteiger charge is 2.17. The summed E-state index contributed by atoms with van der Waals surface area (Å²) in [7, 11) is 0. The van der Waals surface area contributed by atoms with Crippen molar-refractivity contribution >= 4 is 22.9 Å². The Bertz CT molecular complexity index is 798. The van der Waals surface area contributed by atoms with E-state index in [0.717, 1.165) is 41.0 Å². The molecule has 2 amide bonds. The van der Waals surface area contributed by atoms with E-state index in [1.807, 2.05) is 20.8 Å². The second-order valence-electron chi connectivity index (χ2n) is 6.85. The minimum absolute atomic E-state index is 0.0477. The van der Waals surface area contributed by atoms with E-state index in [9.17, 15) is 4.79 Å². The maximum absolute atomic E-state index is 11.9. The normalized spacial score (nSPS) is 11.2. The lowest BCUT2D eigenvalue weighted by Gasteiger charge is -2.19. The molecule has 0 radical (unpaired) electrons. The second kappa shape index (κ2) is 10.3. The lowest BCUT2D eigenvalue weighted by atomic mass is 10.2. The number of nitrogens with two attached hydrogens (primary N) is 1. The predicted octanol–water partition coefficient (Wildman–Crippen LogP) is 2.65. The van der Waals surface area contributed by atoms with Crippen LogP contribution in [0.25, 0.3) is 11.0 Å². The summed E-state index contributed by atoms with van der Waals surface area (Å²) in [4.78, 5) is 22.8. The molecule has 0 fully saturated rings. The molecule has 2 heterocycles. The summed E-state index contributed by atoms with van der Waals surface area (Å²) < 4.78 is 7.96. The molecule has 2 aromatic rings. The van der Waals surface area contributed by atoms with Crippen LogP contribution in [0.3, 0.4) is 0 Å². The molecule has 3 N–H and O–H groups in total. The van der Waals surface area contributed by atoms with Gasteiger partial charge in [0.25, 0.3) is 0 Å². The van der Waals surface area contributed by atoms with Gasteiger partial charge in [-0.2, -0.15) is 0 Å². The minimum Gasteiger partial charge on any atom is -0.382 e. The first-order chi connectivity index (χ1) is 13.4. The monoisotopic (exact) mass is 390 g/mol. The van der Waals surface area contributed by atoms with Crippen LogP contribution in [0.5, 0.6) is 0 Å². The molecule has 0 saturated heterocycles. The number of imidazole rings is 1. The van der Waals surface area contributed by atoms with Gasteiger partial charge in [0.1, 0.15) is 11.3 Å². The van der Waals surface area contributed by atoms with Gasteiger partial charge < -0.3 is 25.3 Å². The van der Waals surface area contributed by atoms with E-state index in [1.54, 1.807) is 4.90 Å². The number of rotatable bonds is 10. The second-order valence-corrected chi connectivity index (χ2v) is 6.85. The molecule has 0 bridgehead atoms. The van der Waals surface area contributed by atoms with Gasteiger partial charge in [-0.3, -0.25) is 0 Å². The molecule has 156 valence electrons. The Morgan fingerprint density at radius 2 is 1.89 bits per heavy atom. The first-order valence-electron chi connectivity index (χ1n) is 10.2. The number of nitrogens with zero attached hydrogens (tertiary/aromatic N) is 4. The fourth-order valence-corrected chi connectivity index (χ4v) is 3.31. The van der Waals surface area contributed by atoms with Crippen molar-refractivity contribution in [2.24, 2.45) is 0 Å². The molecular weight excluding hydrogens is 356 g/mol. The van der Waals surface area contributed by atoms with Gasteiger partial charge in [0.2, 0.25) is 0 Å². The topological polar surface area (TPSA) is 98.3 Å². The Hall–Kier alpha value is -2.35. The molecule has 2 aromatic heterocycles. The Morgan fingerprint density at radius 3 is 2.54 bits per heavy atom. The van der Waals surface area contributed by atoms with Crippen LogP contribution in [0.4, 0.5) is 10.6 Å². The van der Waals surface area contributed by atoms with Crippen LogP contribution in [0.2, 0.25) is 0 Å². The van der Waals surface area contributed by atoms with Crippen molar-refractivity contribution in [3.8, 4) is 0 Å². The van der Waals surface area contributed by atoms with Gasteiger partial charge >= 0.3 is 6.03 Å². The van der Waals surface area contributed by atoms with Gasteiger partial charge in [-0.15, -0.1) is 0 Å². The van der Waals surface area contributed by atoms with Gasteiger partial charge in [-0.1, -0.05) is 6.92 Å². The van der Waals surface area contributed by atoms with Crippen LogP contribution in [-0.2, 0) is 17.7 Å². The highest BCUT2D eigenvalue weighted by atomic mass is 16.5. The van der Waals surface area contributed by atoms with Crippen LogP contribution in [0, 0.1) is 13.8 Å². The first-order valence-corrected chi connectivity index (χ1v) is 10.2. The van der Waals surface area contributed by atoms with Gasteiger partial charge in [0.15, 0.2) is 5.82 Å². The number of carbonyl (C=O) groups excluding carboxylic acids is 1. The van der Waals surface area contributed by atoms with E-state index in [-0.39, 0.29) is 6.03 Å². The number of carbonyl (C=O) groups is 1. The summed E-state index contributed by atoms with van der Waals surface area (Å²) >= 11 is 0. The zero-order valence-corrected chi connectivity index (χ0v) is 17.8. The molecule has 28 heavy (non-hydrogen) atoms. The van der Waals surface area contributed by atoms with Gasteiger partial charge in [-0.25, -0.2) is 14.8 Å². The molecule has 0 aliphatic carbocycles. The van der Waals surface area contributed by atoms with Crippen LogP contribution >= 0.6 is 0 Å². The number of hydrogen-bond donors (Lipinski definition) is 2. The lowest BCUT2D eigenvalue weighted by molar-refractivity contribution is 0.126. The average Bonchev–Trinajstić information content (AvgIpc) is 3.03. The predicted molar refractivity (Wildman–Crippen MR) is 113 cm³/mol. The fourth-order valence-electron chi connectivity index (χ4n) is 3.31. The summed E-state index contributed by atoms with van der Waals surface area (Å²) in [6.07, 6.45) is 1.89. The van der Waals surface area contributed by atoms with Crippen molar-refractivity contribution in [1.29, 1.82) is 0 Å². The summed E-state index contributed by atoms with van der Waals surface area (Å²) in [5, 5.41) is 2.88. The molecule has 2 rings (SSSR count). The summed E-state index contributed by atoms with van der Waals surface area (Å²) in [5.41, 5.74) is 9.96. The van der Waals surface area contributed by atoms with E-state index in [4.69, 9.17) is 15.5 Å². The molecule has 0 atom stereocenters. The number of ether oxygens (including phenoxy) is 1. The Balaban J connectivity index is 1.98. The zero-order chi connectivity index (χ0) is 20.7. The van der Waals surface area contributed by atoms with Crippen molar-refractivity contribution in [2.75, 3.05) is 38.6 Å². The number of pyridine rings is 1. The SMILES string of the molecule is CCCc1nc2c(N)nc(C)c(C)c2n1CCOCCNC(=O)N(CC)CC. The zero-order valence-electron chi connectivity index (χ0n) is 17.8. The average molecular weight is 391 g/mol. The van der Waals surface area contributed by atoms with Crippen LogP contribution in [0.15, 0.2) is 0 Å². The first kappa shape index (κ1) is 21.9. The molecule has 0 aromatic carbocycles. The fraction of sp³-hybridized carbons (Fsp3) is 0.650. The minimum atomic E-state index is -0.0477. The van der Waals surface area contributed by atoms with Crippen molar-refractivity contribution in [3.05, 3.63) is 17.1 Å². The Labute approximate surface area is 167 Å². The Morgan fingerprint density at radius 1 is 1.18 bits per heavy atom. The van der Waals surface area contributed by atoms with Crippen molar-refractivity contribution in [2.45, 2.75) is 54.0 Å². The molecule has 0 aliphatic rings. The van der Waals surface area contributed by atoms with Crippen LogP contribution in [-0.4, -0.2) is 58.3 Å². The van der Waals surface area contributed by atoms with E-state index in [1.165, 1.54) is 0 Å². The van der Waals surface area contributed by atoms with E-state index < -0.39 is 0 Å². The highest BCUT2D eigenvalue weighted by molar-refractivity contribution is 5.88. The third-order valence-corrected chi connectivity index (χ3v) is 4.98. The standard InChI is InChI=1S/C20H34N6O2/c1-6-9-16-24-17-18(14(4)15(5)23-19(17)21)26(16)11-13-28-12-10-22-20(27)25(7-2)8-3/h6-13H2,1-5H3,(H2,21,23)(H,22,27). The van der Waals surface area contributed by atoms with Gasteiger partial charge in [0, 0.05) is 38.3 Å². The Kier molecular flexibility index (Phi) is 8.04. The molecule has 0 saturated carbocycles. The maximum Gasteiger partial charge on any atom is 0.317 e. The number of urea groups is 1. The van der Waals surface area contributed by atoms with Crippen molar-refractivity contribution < 1.29 is 9.53 Å². The third kappa shape index (κ3) is 4.92. The van der Waals surface area contributed by atoms with Gasteiger partial charge in [0.05, 0.1) is 18.7 Å². The number of hydrogen-bond acceptors (Lipinski definition) is 5. The molecule has 8 heteroatoms. The number of fused-ring (bicyclic) bond motifs is 1. The lowest BCUT2D eigenvalue weighted by Crippen LogP contribution is -2.41. The number of amides is 2. The highest BCUT2D eigenvalue weighted by Crippen LogP contribution is 2.26.